The number of aryl methyl sites for hydroxylation is 1. The van der Waals surface area contributed by atoms with Gasteiger partial charge in [0.1, 0.15) is 5.82 Å². The number of rotatable bonds is 5. The van der Waals surface area contributed by atoms with Crippen LogP contribution in [-0.4, -0.2) is 32.9 Å². The Kier molecular flexibility index (Phi) is 5.18. The molecule has 0 saturated carbocycles. The molecule has 2 aromatic heterocycles. The van der Waals surface area contributed by atoms with Gasteiger partial charge in [-0.05, 0) is 23.8 Å². The first kappa shape index (κ1) is 18.9. The second-order valence-electron chi connectivity index (χ2n) is 6.69. The van der Waals surface area contributed by atoms with E-state index in [1.165, 1.54) is 6.20 Å². The first-order valence-electron chi connectivity index (χ1n) is 9.04. The van der Waals surface area contributed by atoms with Crippen LogP contribution in [0.25, 0.3) is 0 Å². The van der Waals surface area contributed by atoms with Crippen LogP contribution in [0.15, 0.2) is 48.9 Å². The Morgan fingerprint density at radius 1 is 1.28 bits per heavy atom. The summed E-state index contributed by atoms with van der Waals surface area (Å²) in [6, 6.07) is 8.98. The maximum Gasteiger partial charge on any atom is 0.253 e. The summed E-state index contributed by atoms with van der Waals surface area (Å²) in [6.45, 7) is 0.814. The van der Waals surface area contributed by atoms with E-state index in [9.17, 15) is 9.59 Å². The molecular weight excluding hydrogens is 392 g/mol. The highest BCUT2D eigenvalue weighted by molar-refractivity contribution is 6.30. The van der Waals surface area contributed by atoms with E-state index < -0.39 is 0 Å². The predicted molar refractivity (Wildman–Crippen MR) is 110 cm³/mol. The number of pyridine rings is 1. The molecule has 0 radical (unpaired) electrons. The number of aromatic nitrogens is 3. The summed E-state index contributed by atoms with van der Waals surface area (Å²) < 4.78 is 1.84. The van der Waals surface area contributed by atoms with Gasteiger partial charge in [0.15, 0.2) is 5.82 Å². The van der Waals surface area contributed by atoms with Crippen LogP contribution >= 0.6 is 11.6 Å². The van der Waals surface area contributed by atoms with Crippen LogP contribution < -0.4 is 15.5 Å². The molecule has 2 amide bonds. The molecule has 1 aliphatic rings. The third-order valence-corrected chi connectivity index (χ3v) is 4.96. The Balaban J connectivity index is 1.55. The highest BCUT2D eigenvalue weighted by atomic mass is 35.5. The fraction of sp³-hybridized carbons (Fsp3) is 0.200. The van der Waals surface area contributed by atoms with Crippen molar-refractivity contribution in [2.75, 3.05) is 16.8 Å². The highest BCUT2D eigenvalue weighted by Gasteiger charge is 2.26. The van der Waals surface area contributed by atoms with Crippen LogP contribution in [0.2, 0.25) is 5.02 Å². The number of nitrogens with one attached hydrogen (secondary N) is 2. The minimum atomic E-state index is -0.284. The van der Waals surface area contributed by atoms with Crippen molar-refractivity contribution >= 4 is 34.9 Å². The van der Waals surface area contributed by atoms with Crippen molar-refractivity contribution in [1.82, 2.24) is 19.9 Å². The molecule has 0 atom stereocenters. The van der Waals surface area contributed by atoms with Crippen LogP contribution in [0, 0.1) is 0 Å². The van der Waals surface area contributed by atoms with Crippen molar-refractivity contribution in [1.29, 1.82) is 0 Å². The third kappa shape index (κ3) is 4.07. The van der Waals surface area contributed by atoms with Gasteiger partial charge in [-0.25, -0.2) is 9.97 Å². The zero-order valence-corrected chi connectivity index (χ0v) is 16.5. The number of benzene rings is 1. The van der Waals surface area contributed by atoms with Gasteiger partial charge in [0.05, 0.1) is 30.9 Å². The lowest BCUT2D eigenvalue weighted by Gasteiger charge is -2.29. The number of carbonyl (C=O) groups excluding carboxylic acids is 2. The van der Waals surface area contributed by atoms with Gasteiger partial charge < -0.3 is 20.1 Å². The van der Waals surface area contributed by atoms with Crippen LogP contribution in [0.4, 0.5) is 11.5 Å². The monoisotopic (exact) mass is 410 g/mol. The zero-order valence-electron chi connectivity index (χ0n) is 15.7. The van der Waals surface area contributed by atoms with E-state index in [-0.39, 0.29) is 18.4 Å². The Labute approximate surface area is 172 Å². The molecule has 4 rings (SSSR count). The maximum absolute atomic E-state index is 12.6. The largest absolute Gasteiger partial charge is 0.359 e. The van der Waals surface area contributed by atoms with E-state index in [0.717, 1.165) is 11.4 Å². The predicted octanol–water partition coefficient (Wildman–Crippen LogP) is 2.36. The normalized spacial score (nSPS) is 13.0. The number of amides is 2. The van der Waals surface area contributed by atoms with E-state index in [1.807, 2.05) is 29.9 Å². The van der Waals surface area contributed by atoms with Crippen molar-refractivity contribution in [3.05, 3.63) is 70.9 Å². The molecule has 0 unspecified atom stereocenters. The lowest BCUT2D eigenvalue weighted by atomic mass is 10.1. The van der Waals surface area contributed by atoms with Crippen LogP contribution in [0.5, 0.6) is 0 Å². The molecule has 1 aromatic carbocycles. The van der Waals surface area contributed by atoms with Crippen molar-refractivity contribution < 1.29 is 9.59 Å². The van der Waals surface area contributed by atoms with E-state index >= 15 is 0 Å². The van der Waals surface area contributed by atoms with E-state index in [2.05, 4.69) is 20.6 Å². The summed E-state index contributed by atoms with van der Waals surface area (Å²) in [5.74, 6) is 0.928. The van der Waals surface area contributed by atoms with E-state index in [0.29, 0.717) is 35.2 Å². The van der Waals surface area contributed by atoms with E-state index in [1.54, 1.807) is 29.3 Å². The fourth-order valence-electron chi connectivity index (χ4n) is 3.08. The molecule has 0 spiro atoms. The molecule has 1 aliphatic heterocycles. The summed E-state index contributed by atoms with van der Waals surface area (Å²) >= 11 is 5.95. The van der Waals surface area contributed by atoms with Gasteiger partial charge in [0.2, 0.25) is 5.91 Å². The minimum absolute atomic E-state index is 0.0974. The standard InChI is InChI=1S/C20H19ClN6O2/c1-26-7-6-22-17(26)10-25-20(29)14-8-16-19(23-9-14)24-11-18(28)27(16)12-13-2-4-15(21)5-3-13/h2-9H,10-12H2,1H3,(H,23,24)(H,25,29). The Morgan fingerprint density at radius 3 is 2.79 bits per heavy atom. The number of hydrogen-bond acceptors (Lipinski definition) is 5. The molecule has 3 heterocycles. The van der Waals surface area contributed by atoms with Crippen molar-refractivity contribution in [2.45, 2.75) is 13.1 Å². The molecule has 3 aromatic rings. The van der Waals surface area contributed by atoms with Crippen molar-refractivity contribution in [3.8, 4) is 0 Å². The second-order valence-corrected chi connectivity index (χ2v) is 7.13. The Morgan fingerprint density at radius 2 is 2.07 bits per heavy atom. The molecule has 8 nitrogen and oxygen atoms in total. The quantitative estimate of drug-likeness (QED) is 0.673. The Hall–Kier alpha value is -3.39. The van der Waals surface area contributed by atoms with Gasteiger partial charge >= 0.3 is 0 Å². The van der Waals surface area contributed by atoms with Crippen molar-refractivity contribution in [3.63, 3.8) is 0 Å². The molecule has 0 saturated heterocycles. The zero-order chi connectivity index (χ0) is 20.4. The average Bonchev–Trinajstić information content (AvgIpc) is 3.14. The van der Waals surface area contributed by atoms with Crippen LogP contribution in [0.3, 0.4) is 0 Å². The molecule has 0 bridgehead atoms. The summed E-state index contributed by atoms with van der Waals surface area (Å²) in [6.07, 6.45) is 4.98. The number of hydrogen-bond donors (Lipinski definition) is 2. The highest BCUT2D eigenvalue weighted by Crippen LogP contribution is 2.30. The summed E-state index contributed by atoms with van der Waals surface area (Å²) in [4.78, 5) is 35.3. The molecule has 2 N–H and O–H groups in total. The van der Waals surface area contributed by atoms with E-state index in [4.69, 9.17) is 11.6 Å². The number of imidazole rings is 1. The molecule has 0 aliphatic carbocycles. The van der Waals surface area contributed by atoms with Gasteiger partial charge in [-0.3, -0.25) is 9.59 Å². The molecule has 29 heavy (non-hydrogen) atoms. The van der Waals surface area contributed by atoms with Gasteiger partial charge in [-0.15, -0.1) is 0 Å². The van der Waals surface area contributed by atoms with Gasteiger partial charge in [-0.1, -0.05) is 23.7 Å². The first-order valence-corrected chi connectivity index (χ1v) is 9.42. The summed E-state index contributed by atoms with van der Waals surface area (Å²) in [5.41, 5.74) is 1.87. The number of fused-ring (bicyclic) bond motifs is 1. The minimum Gasteiger partial charge on any atom is -0.359 e. The summed E-state index contributed by atoms with van der Waals surface area (Å²) in [7, 11) is 1.86. The molecular formula is C20H19ClN6O2. The smallest absolute Gasteiger partial charge is 0.253 e. The lowest BCUT2D eigenvalue weighted by Crippen LogP contribution is -2.40. The van der Waals surface area contributed by atoms with Crippen LogP contribution in [0.1, 0.15) is 21.7 Å². The van der Waals surface area contributed by atoms with Crippen LogP contribution in [-0.2, 0) is 24.9 Å². The fourth-order valence-corrected chi connectivity index (χ4v) is 3.21. The molecule has 0 fully saturated rings. The molecule has 9 heteroatoms. The maximum atomic E-state index is 12.6. The number of nitrogens with zero attached hydrogens (tertiary/aromatic N) is 4. The van der Waals surface area contributed by atoms with Gasteiger partial charge in [-0.2, -0.15) is 0 Å². The average molecular weight is 411 g/mol. The topological polar surface area (TPSA) is 92.2 Å². The van der Waals surface area contributed by atoms with Gasteiger partial charge in [0.25, 0.3) is 5.91 Å². The van der Waals surface area contributed by atoms with Crippen molar-refractivity contribution in [2.24, 2.45) is 7.05 Å². The molecule has 148 valence electrons. The van der Waals surface area contributed by atoms with Gasteiger partial charge in [0, 0.05) is 30.7 Å². The SMILES string of the molecule is Cn1ccnc1CNC(=O)c1cnc2c(c1)N(Cc1ccc(Cl)cc1)C(=O)CN2. The number of halogens is 1. The Bertz CT molecular complexity index is 1060. The summed E-state index contributed by atoms with van der Waals surface area (Å²) in [5, 5.41) is 6.46. The first-order chi connectivity index (χ1) is 14.0. The number of carbonyl (C=O) groups is 2. The third-order valence-electron chi connectivity index (χ3n) is 4.71. The number of anilines is 2. The lowest BCUT2D eigenvalue weighted by molar-refractivity contribution is -0.117. The second kappa shape index (κ2) is 7.92.